The summed E-state index contributed by atoms with van der Waals surface area (Å²) in [7, 11) is 1.61. The van der Waals surface area contributed by atoms with Crippen LogP contribution in [0.5, 0.6) is 5.75 Å². The summed E-state index contributed by atoms with van der Waals surface area (Å²) in [5.74, 6) is -0.177. The van der Waals surface area contributed by atoms with Crippen LogP contribution in [0.15, 0.2) is 46.9 Å². The third kappa shape index (κ3) is 4.29. The highest BCUT2D eigenvalue weighted by atomic mass is 79.9. The molecule has 0 atom stereocenters. The Labute approximate surface area is 131 Å². The number of carbonyl (C=O) groups is 1. The maximum atomic E-state index is 13.6. The summed E-state index contributed by atoms with van der Waals surface area (Å²) in [5, 5.41) is 2.71. The molecule has 0 spiro atoms. The summed E-state index contributed by atoms with van der Waals surface area (Å²) in [6, 6.07) is 12.0. The molecular weight excluding hydrogens is 337 g/mol. The molecule has 0 fully saturated rings. The second-order valence-electron chi connectivity index (χ2n) is 4.48. The summed E-state index contributed by atoms with van der Waals surface area (Å²) in [5.41, 5.74) is 1.09. The quantitative estimate of drug-likeness (QED) is 0.894. The molecule has 0 aliphatic rings. The molecule has 1 amide bonds. The van der Waals surface area contributed by atoms with E-state index in [-0.39, 0.29) is 5.56 Å². The van der Waals surface area contributed by atoms with Crippen molar-refractivity contribution in [3.8, 4) is 5.75 Å². The average Bonchev–Trinajstić information content (AvgIpc) is 2.47. The van der Waals surface area contributed by atoms with Gasteiger partial charge in [0.15, 0.2) is 0 Å². The Balaban J connectivity index is 1.92. The lowest BCUT2D eigenvalue weighted by Gasteiger charge is -2.07. The van der Waals surface area contributed by atoms with Gasteiger partial charge in [0.05, 0.1) is 12.7 Å². The maximum absolute atomic E-state index is 13.6. The smallest absolute Gasteiger partial charge is 0.254 e. The van der Waals surface area contributed by atoms with Gasteiger partial charge in [-0.3, -0.25) is 4.79 Å². The topological polar surface area (TPSA) is 38.3 Å². The van der Waals surface area contributed by atoms with Crippen LogP contribution in [-0.2, 0) is 6.42 Å². The first-order valence-corrected chi connectivity index (χ1v) is 7.25. The lowest BCUT2D eigenvalue weighted by molar-refractivity contribution is 0.0950. The molecule has 2 aromatic carbocycles. The second-order valence-corrected chi connectivity index (χ2v) is 5.40. The van der Waals surface area contributed by atoms with Gasteiger partial charge in [-0.25, -0.2) is 4.39 Å². The van der Waals surface area contributed by atoms with Gasteiger partial charge in [0.1, 0.15) is 11.6 Å². The van der Waals surface area contributed by atoms with E-state index >= 15 is 0 Å². The van der Waals surface area contributed by atoms with Gasteiger partial charge in [-0.05, 0) is 42.3 Å². The lowest BCUT2D eigenvalue weighted by Crippen LogP contribution is -2.26. The molecule has 3 nitrogen and oxygen atoms in total. The molecular formula is C16H15BrFNO2. The predicted molar refractivity (Wildman–Crippen MR) is 83.1 cm³/mol. The van der Waals surface area contributed by atoms with Gasteiger partial charge in [-0.15, -0.1) is 0 Å². The zero-order valence-electron chi connectivity index (χ0n) is 11.5. The zero-order chi connectivity index (χ0) is 15.2. The predicted octanol–water partition coefficient (Wildman–Crippen LogP) is 3.57. The lowest BCUT2D eigenvalue weighted by atomic mass is 10.1. The number of nitrogens with one attached hydrogen (secondary N) is 1. The number of ether oxygens (including phenoxy) is 1. The number of methoxy groups -OCH3 is 1. The number of hydrogen-bond acceptors (Lipinski definition) is 2. The Morgan fingerprint density at radius 1 is 1.29 bits per heavy atom. The van der Waals surface area contributed by atoms with Crippen molar-refractivity contribution in [1.82, 2.24) is 5.32 Å². The van der Waals surface area contributed by atoms with Gasteiger partial charge in [0, 0.05) is 11.0 Å². The standard InChI is InChI=1S/C16H15BrFNO2/c1-21-13-4-2-3-11(9-13)7-8-19-16(20)14-6-5-12(17)10-15(14)18/h2-6,9-10H,7-8H2,1H3,(H,19,20). The molecule has 0 saturated heterocycles. The SMILES string of the molecule is COc1cccc(CCNC(=O)c2ccc(Br)cc2F)c1. The normalized spacial score (nSPS) is 10.2. The van der Waals surface area contributed by atoms with Crippen LogP contribution in [0.2, 0.25) is 0 Å². The molecule has 0 aromatic heterocycles. The van der Waals surface area contributed by atoms with Crippen LogP contribution >= 0.6 is 15.9 Å². The van der Waals surface area contributed by atoms with E-state index in [4.69, 9.17) is 4.74 Å². The van der Waals surface area contributed by atoms with E-state index in [2.05, 4.69) is 21.2 Å². The van der Waals surface area contributed by atoms with Gasteiger partial charge in [-0.2, -0.15) is 0 Å². The van der Waals surface area contributed by atoms with Gasteiger partial charge in [0.25, 0.3) is 5.91 Å². The molecule has 0 aliphatic carbocycles. The second kappa shape index (κ2) is 7.22. The summed E-state index contributed by atoms with van der Waals surface area (Å²) in [4.78, 5) is 11.9. The van der Waals surface area contributed by atoms with Crippen LogP contribution < -0.4 is 10.1 Å². The van der Waals surface area contributed by atoms with Crippen molar-refractivity contribution in [2.24, 2.45) is 0 Å². The van der Waals surface area contributed by atoms with Crippen LogP contribution in [0.1, 0.15) is 15.9 Å². The average molecular weight is 352 g/mol. The molecule has 110 valence electrons. The molecule has 0 unspecified atom stereocenters. The van der Waals surface area contributed by atoms with E-state index in [0.717, 1.165) is 11.3 Å². The molecule has 0 bridgehead atoms. The van der Waals surface area contributed by atoms with E-state index < -0.39 is 11.7 Å². The van der Waals surface area contributed by atoms with E-state index in [9.17, 15) is 9.18 Å². The van der Waals surface area contributed by atoms with E-state index in [1.165, 1.54) is 12.1 Å². The van der Waals surface area contributed by atoms with Crippen molar-refractivity contribution in [2.45, 2.75) is 6.42 Å². The Morgan fingerprint density at radius 2 is 2.10 bits per heavy atom. The fourth-order valence-electron chi connectivity index (χ4n) is 1.92. The van der Waals surface area contributed by atoms with E-state index in [1.54, 1.807) is 13.2 Å². The Hall–Kier alpha value is -1.88. The summed E-state index contributed by atoms with van der Waals surface area (Å²) < 4.78 is 19.4. The molecule has 0 aliphatic heterocycles. The largest absolute Gasteiger partial charge is 0.497 e. The van der Waals surface area contributed by atoms with Crippen LogP contribution in [0.25, 0.3) is 0 Å². The first-order valence-electron chi connectivity index (χ1n) is 6.46. The van der Waals surface area contributed by atoms with Crippen molar-refractivity contribution < 1.29 is 13.9 Å². The van der Waals surface area contributed by atoms with Gasteiger partial charge in [-0.1, -0.05) is 28.1 Å². The summed E-state index contributed by atoms with van der Waals surface area (Å²) in [6.45, 7) is 0.432. The number of benzene rings is 2. The van der Waals surface area contributed by atoms with Gasteiger partial charge in [0.2, 0.25) is 0 Å². The molecule has 0 radical (unpaired) electrons. The Bertz CT molecular complexity index is 646. The third-order valence-electron chi connectivity index (χ3n) is 3.01. The minimum Gasteiger partial charge on any atom is -0.497 e. The molecule has 21 heavy (non-hydrogen) atoms. The van der Waals surface area contributed by atoms with Crippen LogP contribution in [-0.4, -0.2) is 19.6 Å². The first kappa shape index (κ1) is 15.5. The Kier molecular flexibility index (Phi) is 5.33. The van der Waals surface area contributed by atoms with Crippen molar-refractivity contribution >= 4 is 21.8 Å². The zero-order valence-corrected chi connectivity index (χ0v) is 13.1. The molecule has 1 N–H and O–H groups in total. The molecule has 2 rings (SSSR count). The van der Waals surface area contributed by atoms with Gasteiger partial charge >= 0.3 is 0 Å². The van der Waals surface area contributed by atoms with Crippen LogP contribution in [0.4, 0.5) is 4.39 Å². The number of halogens is 2. The van der Waals surface area contributed by atoms with E-state index in [0.29, 0.717) is 17.4 Å². The molecule has 0 heterocycles. The van der Waals surface area contributed by atoms with Crippen molar-refractivity contribution in [1.29, 1.82) is 0 Å². The summed E-state index contributed by atoms with van der Waals surface area (Å²) >= 11 is 3.16. The monoisotopic (exact) mass is 351 g/mol. The fourth-order valence-corrected chi connectivity index (χ4v) is 2.25. The number of rotatable bonds is 5. The number of amides is 1. The maximum Gasteiger partial charge on any atom is 0.254 e. The summed E-state index contributed by atoms with van der Waals surface area (Å²) in [6.07, 6.45) is 0.654. The highest BCUT2D eigenvalue weighted by Gasteiger charge is 2.11. The van der Waals surface area contributed by atoms with Crippen molar-refractivity contribution in [3.63, 3.8) is 0 Å². The highest BCUT2D eigenvalue weighted by molar-refractivity contribution is 9.10. The third-order valence-corrected chi connectivity index (χ3v) is 3.50. The Morgan fingerprint density at radius 3 is 2.81 bits per heavy atom. The minimum absolute atomic E-state index is 0.0452. The fraction of sp³-hybridized carbons (Fsp3) is 0.188. The van der Waals surface area contributed by atoms with Crippen LogP contribution in [0.3, 0.4) is 0 Å². The van der Waals surface area contributed by atoms with E-state index in [1.807, 2.05) is 24.3 Å². The first-order chi connectivity index (χ1) is 10.1. The number of hydrogen-bond donors (Lipinski definition) is 1. The molecule has 0 saturated carbocycles. The highest BCUT2D eigenvalue weighted by Crippen LogP contribution is 2.15. The molecule has 5 heteroatoms. The van der Waals surface area contributed by atoms with Crippen LogP contribution in [0, 0.1) is 5.82 Å². The number of carbonyl (C=O) groups excluding carboxylic acids is 1. The van der Waals surface area contributed by atoms with Crippen molar-refractivity contribution in [3.05, 3.63) is 63.9 Å². The molecule has 2 aromatic rings. The van der Waals surface area contributed by atoms with Gasteiger partial charge < -0.3 is 10.1 Å². The van der Waals surface area contributed by atoms with Crippen molar-refractivity contribution in [2.75, 3.05) is 13.7 Å². The minimum atomic E-state index is -0.539.